The number of carbonyl (C=O) groups excluding carboxylic acids is 1. The van der Waals surface area contributed by atoms with Crippen molar-refractivity contribution in [3.05, 3.63) is 95.1 Å². The van der Waals surface area contributed by atoms with Gasteiger partial charge in [0, 0.05) is 18.8 Å². The second-order valence-corrected chi connectivity index (χ2v) is 11.9. The lowest BCUT2D eigenvalue weighted by atomic mass is 9.90. The van der Waals surface area contributed by atoms with E-state index in [9.17, 15) is 26.4 Å². The third-order valence-electron chi connectivity index (χ3n) is 6.89. The molecular formula is C29H31F3N2O3S. The number of halogens is 3. The molecule has 1 saturated heterocycles. The summed E-state index contributed by atoms with van der Waals surface area (Å²) in [6.07, 6.45) is -2.16. The summed E-state index contributed by atoms with van der Waals surface area (Å²) in [7, 11) is -3.27. The van der Waals surface area contributed by atoms with Crippen LogP contribution in [-0.4, -0.2) is 38.1 Å². The van der Waals surface area contributed by atoms with Crippen LogP contribution in [0.25, 0.3) is 0 Å². The first-order chi connectivity index (χ1) is 18.0. The zero-order chi connectivity index (χ0) is 27.3. The van der Waals surface area contributed by atoms with Crippen molar-refractivity contribution in [2.75, 3.05) is 24.2 Å². The fourth-order valence-electron chi connectivity index (χ4n) is 4.74. The molecule has 3 aromatic rings. The molecule has 0 bridgehead atoms. The Balaban J connectivity index is 1.30. The second kappa shape index (κ2) is 11.7. The summed E-state index contributed by atoms with van der Waals surface area (Å²) in [5.74, 6) is 0.144. The van der Waals surface area contributed by atoms with Crippen LogP contribution in [0.2, 0.25) is 0 Å². The van der Waals surface area contributed by atoms with Gasteiger partial charge in [-0.25, -0.2) is 8.42 Å². The highest BCUT2D eigenvalue weighted by Gasteiger charge is 2.30. The van der Waals surface area contributed by atoms with Gasteiger partial charge in [-0.05, 0) is 78.4 Å². The van der Waals surface area contributed by atoms with Crippen LogP contribution in [0.3, 0.4) is 0 Å². The molecule has 1 amide bonds. The van der Waals surface area contributed by atoms with Crippen LogP contribution in [-0.2, 0) is 33.8 Å². The molecule has 0 spiro atoms. The van der Waals surface area contributed by atoms with Crippen LogP contribution in [0.4, 0.5) is 18.9 Å². The van der Waals surface area contributed by atoms with Crippen LogP contribution >= 0.6 is 0 Å². The Morgan fingerprint density at radius 3 is 2.18 bits per heavy atom. The van der Waals surface area contributed by atoms with Gasteiger partial charge < -0.3 is 5.32 Å². The van der Waals surface area contributed by atoms with E-state index in [1.807, 2.05) is 24.3 Å². The number of benzene rings is 3. The molecule has 3 aromatic carbocycles. The summed E-state index contributed by atoms with van der Waals surface area (Å²) >= 11 is 0. The van der Waals surface area contributed by atoms with Gasteiger partial charge in [0.25, 0.3) is 0 Å². The number of likely N-dealkylation sites (tertiary alicyclic amines) is 1. The van der Waals surface area contributed by atoms with Crippen molar-refractivity contribution < 1.29 is 26.4 Å². The Hall–Kier alpha value is -3.17. The summed E-state index contributed by atoms with van der Waals surface area (Å²) < 4.78 is 62.4. The van der Waals surface area contributed by atoms with Crippen molar-refractivity contribution in [2.24, 2.45) is 0 Å². The molecule has 1 heterocycles. The van der Waals surface area contributed by atoms with Gasteiger partial charge in [-0.15, -0.1) is 0 Å². The topological polar surface area (TPSA) is 66.5 Å². The molecule has 4 rings (SSSR count). The summed E-state index contributed by atoms with van der Waals surface area (Å²) in [6.45, 7) is 3.91. The average Bonchev–Trinajstić information content (AvgIpc) is 2.89. The predicted octanol–water partition coefficient (Wildman–Crippen LogP) is 6.06. The summed E-state index contributed by atoms with van der Waals surface area (Å²) in [5, 5.41) is 2.89. The van der Waals surface area contributed by atoms with Crippen molar-refractivity contribution in [3.8, 4) is 0 Å². The molecule has 38 heavy (non-hydrogen) atoms. The highest BCUT2D eigenvalue weighted by molar-refractivity contribution is 7.91. The summed E-state index contributed by atoms with van der Waals surface area (Å²) in [4.78, 5) is 15.0. The molecule has 1 aliphatic rings. The number of rotatable bonds is 8. The van der Waals surface area contributed by atoms with Crippen LogP contribution < -0.4 is 5.32 Å². The van der Waals surface area contributed by atoms with Crippen molar-refractivity contribution >= 4 is 21.4 Å². The van der Waals surface area contributed by atoms with E-state index in [-0.39, 0.29) is 23.0 Å². The van der Waals surface area contributed by atoms with Crippen LogP contribution in [0.5, 0.6) is 0 Å². The highest BCUT2D eigenvalue weighted by atomic mass is 32.2. The Kier molecular flexibility index (Phi) is 8.57. The Morgan fingerprint density at radius 1 is 0.947 bits per heavy atom. The zero-order valence-electron chi connectivity index (χ0n) is 21.2. The van der Waals surface area contributed by atoms with Crippen molar-refractivity contribution in [2.45, 2.75) is 49.7 Å². The summed E-state index contributed by atoms with van der Waals surface area (Å²) in [5.41, 5.74) is 2.79. The smallest absolute Gasteiger partial charge is 0.326 e. The predicted molar refractivity (Wildman–Crippen MR) is 142 cm³/mol. The monoisotopic (exact) mass is 544 g/mol. The standard InChI is InChI=1S/C29H31F3N2O3S/c1-2-38(36,37)27-15-7-21(8-16-27)18-28(35)33-26-13-9-23(10-14-26)24-4-3-17-34(20-24)19-22-5-11-25(12-6-22)29(30,31)32/h5-16,24H,2-4,17-20H2,1H3,(H,33,35). The molecule has 1 unspecified atom stereocenters. The fraction of sp³-hybridized carbons (Fsp3) is 0.345. The molecule has 0 radical (unpaired) electrons. The van der Waals surface area contributed by atoms with Crippen LogP contribution in [0.1, 0.15) is 47.9 Å². The largest absolute Gasteiger partial charge is 0.416 e. The number of alkyl halides is 3. The molecule has 202 valence electrons. The number of hydrogen-bond acceptors (Lipinski definition) is 4. The molecule has 0 saturated carbocycles. The zero-order valence-corrected chi connectivity index (χ0v) is 22.0. The summed E-state index contributed by atoms with van der Waals surface area (Å²) in [6, 6.07) is 19.5. The van der Waals surface area contributed by atoms with Gasteiger partial charge in [-0.3, -0.25) is 9.69 Å². The second-order valence-electron chi connectivity index (χ2n) is 9.66. The minimum Gasteiger partial charge on any atom is -0.326 e. The van der Waals surface area contributed by atoms with Gasteiger partial charge in [-0.2, -0.15) is 13.2 Å². The number of nitrogens with one attached hydrogen (secondary N) is 1. The fourth-order valence-corrected chi connectivity index (χ4v) is 5.62. The number of carbonyl (C=O) groups is 1. The molecule has 5 nitrogen and oxygen atoms in total. The number of nitrogens with zero attached hydrogens (tertiary/aromatic N) is 1. The molecule has 1 fully saturated rings. The first kappa shape index (κ1) is 27.9. The van der Waals surface area contributed by atoms with E-state index in [4.69, 9.17) is 0 Å². The Bertz CT molecular complexity index is 1340. The normalized spacial score (nSPS) is 16.8. The van der Waals surface area contributed by atoms with Gasteiger partial charge in [-0.1, -0.05) is 43.3 Å². The maximum absolute atomic E-state index is 12.8. The number of piperidine rings is 1. The first-order valence-corrected chi connectivity index (χ1v) is 14.3. The Labute approximate surface area is 221 Å². The Morgan fingerprint density at radius 2 is 1.58 bits per heavy atom. The van der Waals surface area contributed by atoms with Gasteiger partial charge in [0.05, 0.1) is 22.6 Å². The lowest BCUT2D eigenvalue weighted by molar-refractivity contribution is -0.137. The van der Waals surface area contributed by atoms with Gasteiger partial charge in [0.15, 0.2) is 9.84 Å². The SMILES string of the molecule is CCS(=O)(=O)c1ccc(CC(=O)Nc2ccc(C3CCCN(Cc4ccc(C(F)(F)F)cc4)C3)cc2)cc1. The van der Waals surface area contributed by atoms with Crippen molar-refractivity contribution in [1.82, 2.24) is 4.90 Å². The third-order valence-corrected chi connectivity index (χ3v) is 8.64. The van der Waals surface area contributed by atoms with E-state index in [1.165, 1.54) is 12.1 Å². The number of anilines is 1. The van der Waals surface area contributed by atoms with Gasteiger partial charge in [0.2, 0.25) is 5.91 Å². The molecule has 1 N–H and O–H groups in total. The average molecular weight is 545 g/mol. The highest BCUT2D eigenvalue weighted by Crippen LogP contribution is 2.31. The third kappa shape index (κ3) is 7.23. The minimum absolute atomic E-state index is 0.0286. The van der Waals surface area contributed by atoms with Crippen molar-refractivity contribution in [1.29, 1.82) is 0 Å². The van der Waals surface area contributed by atoms with Gasteiger partial charge >= 0.3 is 6.18 Å². The van der Waals surface area contributed by atoms with Gasteiger partial charge in [0.1, 0.15) is 0 Å². The number of amides is 1. The van der Waals surface area contributed by atoms with E-state index >= 15 is 0 Å². The lowest BCUT2D eigenvalue weighted by Gasteiger charge is -2.33. The molecule has 0 aromatic heterocycles. The van der Waals surface area contributed by atoms with E-state index in [0.717, 1.165) is 54.8 Å². The maximum Gasteiger partial charge on any atom is 0.416 e. The van der Waals surface area contributed by atoms with Crippen molar-refractivity contribution in [3.63, 3.8) is 0 Å². The van der Waals surface area contributed by atoms with E-state index in [2.05, 4.69) is 10.2 Å². The molecular weight excluding hydrogens is 513 g/mol. The molecule has 0 aliphatic carbocycles. The molecule has 1 aliphatic heterocycles. The maximum atomic E-state index is 12.8. The van der Waals surface area contributed by atoms with E-state index in [0.29, 0.717) is 18.2 Å². The molecule has 1 atom stereocenters. The molecule has 9 heteroatoms. The minimum atomic E-state index is -4.33. The van der Waals surface area contributed by atoms with E-state index in [1.54, 1.807) is 31.2 Å². The lowest BCUT2D eigenvalue weighted by Crippen LogP contribution is -2.33. The quantitative estimate of drug-likeness (QED) is 0.374. The van der Waals surface area contributed by atoms with Crippen LogP contribution in [0, 0.1) is 0 Å². The number of hydrogen-bond donors (Lipinski definition) is 1. The van der Waals surface area contributed by atoms with Crippen LogP contribution in [0.15, 0.2) is 77.7 Å². The van der Waals surface area contributed by atoms with E-state index < -0.39 is 21.6 Å². The first-order valence-electron chi connectivity index (χ1n) is 12.6. The number of sulfone groups is 1.